The molecule has 0 amide bonds. The summed E-state index contributed by atoms with van der Waals surface area (Å²) in [7, 11) is 0. The zero-order valence-corrected chi connectivity index (χ0v) is 12.6. The minimum absolute atomic E-state index is 0.542. The van der Waals surface area contributed by atoms with E-state index < -0.39 is 0 Å². The van der Waals surface area contributed by atoms with Crippen LogP contribution in [0.2, 0.25) is 0 Å². The van der Waals surface area contributed by atoms with Crippen LogP contribution in [0.3, 0.4) is 0 Å². The summed E-state index contributed by atoms with van der Waals surface area (Å²) < 4.78 is 0. The van der Waals surface area contributed by atoms with Crippen LogP contribution in [-0.4, -0.2) is 30.6 Å². The molecule has 1 aromatic rings. The quantitative estimate of drug-likeness (QED) is 0.877. The maximum Gasteiger partial charge on any atom is 0.0323 e. The molecule has 4 unspecified atom stereocenters. The van der Waals surface area contributed by atoms with Gasteiger partial charge in [-0.25, -0.2) is 0 Å². The van der Waals surface area contributed by atoms with Gasteiger partial charge in [-0.05, 0) is 69.3 Å². The van der Waals surface area contributed by atoms with Crippen molar-refractivity contribution < 1.29 is 0 Å². The van der Waals surface area contributed by atoms with Crippen molar-refractivity contribution in [1.29, 1.82) is 0 Å². The summed E-state index contributed by atoms with van der Waals surface area (Å²) in [4.78, 5) is 2.71. The molecule has 1 N–H and O–H groups in total. The van der Waals surface area contributed by atoms with Gasteiger partial charge in [0.1, 0.15) is 0 Å². The van der Waals surface area contributed by atoms with Crippen molar-refractivity contribution in [3.63, 3.8) is 0 Å². The van der Waals surface area contributed by atoms with Gasteiger partial charge in [0.15, 0.2) is 0 Å². The second kappa shape index (κ2) is 4.92. The average Bonchev–Trinajstić information content (AvgIpc) is 2.95. The number of hydrogen-bond acceptors (Lipinski definition) is 2. The summed E-state index contributed by atoms with van der Waals surface area (Å²) in [5.74, 6) is 1.72. The number of nitrogens with zero attached hydrogens (tertiary/aromatic N) is 1. The zero-order chi connectivity index (χ0) is 13.6. The highest BCUT2D eigenvalue weighted by Crippen LogP contribution is 2.37. The minimum atomic E-state index is 0.542. The lowest BCUT2D eigenvalue weighted by Gasteiger charge is -2.31. The van der Waals surface area contributed by atoms with Crippen LogP contribution in [0.1, 0.15) is 36.6 Å². The Morgan fingerprint density at radius 3 is 2.68 bits per heavy atom. The second-order valence-corrected chi connectivity index (χ2v) is 6.54. The fourth-order valence-corrected chi connectivity index (χ4v) is 3.93. The molecule has 2 nitrogen and oxygen atoms in total. The Morgan fingerprint density at radius 2 is 2.00 bits per heavy atom. The van der Waals surface area contributed by atoms with Gasteiger partial charge in [0.25, 0.3) is 0 Å². The number of nitrogens with one attached hydrogen (secondary N) is 1. The van der Waals surface area contributed by atoms with Crippen molar-refractivity contribution in [2.45, 2.75) is 39.8 Å². The Morgan fingerprint density at radius 1 is 1.21 bits per heavy atom. The molecule has 0 spiro atoms. The van der Waals surface area contributed by atoms with E-state index in [-0.39, 0.29) is 0 Å². The number of rotatable bonds is 2. The summed E-state index contributed by atoms with van der Waals surface area (Å²) in [6, 6.07) is 8.20. The van der Waals surface area contributed by atoms with Crippen LogP contribution in [0.25, 0.3) is 0 Å². The molecular weight excluding hydrogens is 232 g/mol. The van der Waals surface area contributed by atoms with Gasteiger partial charge in [-0.15, -0.1) is 0 Å². The van der Waals surface area contributed by atoms with Crippen molar-refractivity contribution >= 4 is 0 Å². The Bertz CT molecular complexity index is 468. The Balaban J connectivity index is 1.80. The molecule has 1 aromatic carbocycles. The molecule has 2 fully saturated rings. The van der Waals surface area contributed by atoms with Crippen LogP contribution in [0.15, 0.2) is 18.2 Å². The van der Waals surface area contributed by atoms with Crippen molar-refractivity contribution in [1.82, 2.24) is 10.2 Å². The van der Waals surface area contributed by atoms with Crippen LogP contribution in [0.5, 0.6) is 0 Å². The number of hydrogen-bond donors (Lipinski definition) is 1. The zero-order valence-electron chi connectivity index (χ0n) is 12.6. The molecule has 2 aliphatic heterocycles. The van der Waals surface area contributed by atoms with Crippen LogP contribution in [0, 0.1) is 25.7 Å². The molecule has 3 rings (SSSR count). The molecule has 0 bridgehead atoms. The molecule has 0 radical (unpaired) electrons. The molecule has 0 aromatic heterocycles. The van der Waals surface area contributed by atoms with E-state index in [1.807, 2.05) is 0 Å². The van der Waals surface area contributed by atoms with Crippen molar-refractivity contribution in [3.8, 4) is 0 Å². The third kappa shape index (κ3) is 2.21. The number of aryl methyl sites for hydroxylation is 2. The summed E-state index contributed by atoms with van der Waals surface area (Å²) in [6.07, 6.45) is 0. The summed E-state index contributed by atoms with van der Waals surface area (Å²) in [6.45, 7) is 12.9. The van der Waals surface area contributed by atoms with Crippen LogP contribution >= 0.6 is 0 Å². The van der Waals surface area contributed by atoms with E-state index in [0.717, 1.165) is 11.8 Å². The molecular formula is C17H26N2. The highest BCUT2D eigenvalue weighted by atomic mass is 15.2. The molecule has 2 saturated heterocycles. The van der Waals surface area contributed by atoms with Gasteiger partial charge in [0.2, 0.25) is 0 Å². The van der Waals surface area contributed by atoms with Gasteiger partial charge in [0.05, 0.1) is 0 Å². The summed E-state index contributed by atoms with van der Waals surface area (Å²) in [5.41, 5.74) is 4.28. The lowest BCUT2D eigenvalue weighted by atomic mass is 9.95. The molecule has 104 valence electrons. The normalized spacial score (nSPS) is 32.5. The summed E-state index contributed by atoms with van der Waals surface area (Å²) >= 11 is 0. The fraction of sp³-hybridized carbons (Fsp3) is 0.647. The van der Waals surface area contributed by atoms with E-state index in [9.17, 15) is 0 Å². The van der Waals surface area contributed by atoms with Crippen molar-refractivity contribution in [3.05, 3.63) is 34.9 Å². The average molecular weight is 258 g/mol. The van der Waals surface area contributed by atoms with Crippen LogP contribution < -0.4 is 5.32 Å². The van der Waals surface area contributed by atoms with E-state index in [1.165, 1.54) is 36.3 Å². The highest BCUT2D eigenvalue weighted by molar-refractivity contribution is 5.31. The van der Waals surface area contributed by atoms with Gasteiger partial charge in [-0.3, -0.25) is 4.90 Å². The standard InChI is InChI=1S/C17H26N2/c1-11-5-6-15(7-12(11)2)13(3)19-10-16-8-18-9-17(16)14(19)4/h5-7,13-14,16-18H,8-10H2,1-4H3. The predicted octanol–water partition coefficient (Wildman–Crippen LogP) is 2.90. The summed E-state index contributed by atoms with van der Waals surface area (Å²) in [5, 5.41) is 3.54. The molecule has 2 heteroatoms. The minimum Gasteiger partial charge on any atom is -0.316 e. The topological polar surface area (TPSA) is 15.3 Å². The van der Waals surface area contributed by atoms with E-state index in [0.29, 0.717) is 12.1 Å². The molecule has 19 heavy (non-hydrogen) atoms. The lowest BCUT2D eigenvalue weighted by molar-refractivity contribution is 0.182. The number of likely N-dealkylation sites (tertiary alicyclic amines) is 1. The Kier molecular flexibility index (Phi) is 3.40. The monoisotopic (exact) mass is 258 g/mol. The third-order valence-electron chi connectivity index (χ3n) is 5.49. The lowest BCUT2D eigenvalue weighted by Crippen LogP contribution is -2.35. The maximum absolute atomic E-state index is 3.54. The third-order valence-corrected chi connectivity index (χ3v) is 5.49. The van der Waals surface area contributed by atoms with Gasteiger partial charge >= 0.3 is 0 Å². The largest absolute Gasteiger partial charge is 0.316 e. The van der Waals surface area contributed by atoms with Crippen LogP contribution in [0.4, 0.5) is 0 Å². The van der Waals surface area contributed by atoms with Crippen molar-refractivity contribution in [2.75, 3.05) is 19.6 Å². The molecule has 0 saturated carbocycles. The van der Waals surface area contributed by atoms with Gasteiger partial charge < -0.3 is 5.32 Å². The molecule has 0 aliphatic carbocycles. The maximum atomic E-state index is 3.54. The first-order valence-electron chi connectivity index (χ1n) is 7.61. The SMILES string of the molecule is Cc1ccc(C(C)N2CC3CNCC3C2C)cc1C. The van der Waals surface area contributed by atoms with E-state index in [4.69, 9.17) is 0 Å². The Labute approximate surface area is 117 Å². The second-order valence-electron chi connectivity index (χ2n) is 6.54. The molecule has 4 atom stereocenters. The molecule has 2 heterocycles. The van der Waals surface area contributed by atoms with E-state index >= 15 is 0 Å². The Hall–Kier alpha value is -0.860. The predicted molar refractivity (Wildman–Crippen MR) is 80.3 cm³/mol. The molecule has 2 aliphatic rings. The smallest absolute Gasteiger partial charge is 0.0323 e. The van der Waals surface area contributed by atoms with E-state index in [2.05, 4.69) is 56.1 Å². The number of benzene rings is 1. The van der Waals surface area contributed by atoms with Gasteiger partial charge in [-0.1, -0.05) is 18.2 Å². The first-order valence-corrected chi connectivity index (χ1v) is 7.61. The van der Waals surface area contributed by atoms with Crippen LogP contribution in [-0.2, 0) is 0 Å². The highest BCUT2D eigenvalue weighted by Gasteiger charge is 2.43. The van der Waals surface area contributed by atoms with Crippen molar-refractivity contribution in [2.24, 2.45) is 11.8 Å². The van der Waals surface area contributed by atoms with Gasteiger partial charge in [-0.2, -0.15) is 0 Å². The first-order chi connectivity index (χ1) is 9.08. The van der Waals surface area contributed by atoms with Gasteiger partial charge in [0, 0.05) is 18.6 Å². The van der Waals surface area contributed by atoms with E-state index in [1.54, 1.807) is 0 Å². The first kappa shape index (κ1) is 13.1. The fourth-order valence-electron chi connectivity index (χ4n) is 3.93. The number of fused-ring (bicyclic) bond motifs is 1.